The summed E-state index contributed by atoms with van der Waals surface area (Å²) in [6.07, 6.45) is 0.701. The van der Waals surface area contributed by atoms with E-state index in [4.69, 9.17) is 0 Å². The number of benzene rings is 1. The highest BCUT2D eigenvalue weighted by molar-refractivity contribution is 5.25. The highest BCUT2D eigenvalue weighted by atomic mass is 19.4. The molecule has 3 atom stereocenters. The van der Waals surface area contributed by atoms with Gasteiger partial charge in [-0.05, 0) is 54.7 Å². The fraction of sp³-hybridized carbons (Fsp3) is 0.625. The average Bonchev–Trinajstić information content (AvgIpc) is 3.12. The lowest BCUT2D eigenvalue weighted by atomic mass is 10.0. The molecule has 0 saturated heterocycles. The number of aliphatic hydroxyl groups excluding tert-OH is 1. The van der Waals surface area contributed by atoms with E-state index in [-0.39, 0.29) is 0 Å². The van der Waals surface area contributed by atoms with Crippen molar-refractivity contribution < 1.29 is 18.3 Å². The van der Waals surface area contributed by atoms with Crippen LogP contribution in [-0.2, 0) is 12.6 Å². The molecule has 3 unspecified atom stereocenters. The summed E-state index contributed by atoms with van der Waals surface area (Å²) >= 11 is 0. The summed E-state index contributed by atoms with van der Waals surface area (Å²) < 4.78 is 37.4. The zero-order chi connectivity index (χ0) is 14.3. The molecule has 1 nitrogen and oxygen atoms in total. The van der Waals surface area contributed by atoms with Crippen LogP contribution >= 0.6 is 0 Å². The molecule has 0 aliphatic heterocycles. The molecular formula is C16H19F3O. The van der Waals surface area contributed by atoms with Crippen molar-refractivity contribution in [2.24, 2.45) is 17.8 Å². The molecule has 3 rings (SSSR count). The summed E-state index contributed by atoms with van der Waals surface area (Å²) in [5.41, 5.74) is 0.157. The lowest BCUT2D eigenvalue weighted by Crippen LogP contribution is -2.15. The minimum absolute atomic E-state index is 0.375. The largest absolute Gasteiger partial charge is 0.416 e. The average molecular weight is 284 g/mol. The highest BCUT2D eigenvalue weighted by Crippen LogP contribution is 2.57. The summed E-state index contributed by atoms with van der Waals surface area (Å²) in [5.74, 6) is 1.70. The number of halogens is 3. The Hall–Kier alpha value is -1.03. The normalized spacial score (nSPS) is 30.7. The zero-order valence-electron chi connectivity index (χ0n) is 11.2. The van der Waals surface area contributed by atoms with Crippen LogP contribution in [0.1, 0.15) is 36.8 Å². The number of aliphatic hydroxyl groups is 1. The molecule has 0 heterocycles. The molecule has 1 N–H and O–H groups in total. The van der Waals surface area contributed by atoms with Crippen LogP contribution in [-0.4, -0.2) is 11.2 Å². The Morgan fingerprint density at radius 2 is 1.60 bits per heavy atom. The molecule has 1 aromatic rings. The van der Waals surface area contributed by atoms with Crippen molar-refractivity contribution in [1.82, 2.24) is 0 Å². The Balaban J connectivity index is 1.60. The van der Waals surface area contributed by atoms with Crippen molar-refractivity contribution in [1.29, 1.82) is 0 Å². The number of hydrogen-bond acceptors (Lipinski definition) is 1. The van der Waals surface area contributed by atoms with Crippen LogP contribution in [0.25, 0.3) is 0 Å². The van der Waals surface area contributed by atoms with Gasteiger partial charge in [-0.2, -0.15) is 13.2 Å². The number of fused-ring (bicyclic) bond motifs is 1. The van der Waals surface area contributed by atoms with Gasteiger partial charge in [0.05, 0.1) is 11.7 Å². The van der Waals surface area contributed by atoms with Crippen LogP contribution in [0, 0.1) is 17.8 Å². The smallest absolute Gasteiger partial charge is 0.392 e. The molecule has 0 bridgehead atoms. The molecule has 110 valence electrons. The van der Waals surface area contributed by atoms with Gasteiger partial charge < -0.3 is 5.11 Å². The van der Waals surface area contributed by atoms with Crippen LogP contribution in [0.5, 0.6) is 0 Å². The first-order chi connectivity index (χ1) is 9.47. The first-order valence-electron chi connectivity index (χ1n) is 7.31. The summed E-state index contributed by atoms with van der Waals surface area (Å²) in [4.78, 5) is 0. The minimum atomic E-state index is -4.29. The van der Waals surface area contributed by atoms with E-state index in [1.807, 2.05) is 0 Å². The van der Waals surface area contributed by atoms with Crippen LogP contribution in [0.3, 0.4) is 0 Å². The van der Waals surface area contributed by atoms with Gasteiger partial charge in [0.25, 0.3) is 0 Å². The SMILES string of the molecule is OC(Cc1ccc(C(F)(F)F)cc1)C1C2CCCCC21. The van der Waals surface area contributed by atoms with Gasteiger partial charge in [0.2, 0.25) is 0 Å². The molecule has 1 aromatic carbocycles. The van der Waals surface area contributed by atoms with E-state index in [1.54, 1.807) is 0 Å². The van der Waals surface area contributed by atoms with E-state index in [0.29, 0.717) is 24.2 Å². The summed E-state index contributed by atoms with van der Waals surface area (Å²) in [5, 5.41) is 10.3. The molecule has 2 saturated carbocycles. The van der Waals surface area contributed by atoms with E-state index in [0.717, 1.165) is 17.7 Å². The Morgan fingerprint density at radius 3 is 2.10 bits per heavy atom. The van der Waals surface area contributed by atoms with E-state index >= 15 is 0 Å². The molecule has 2 aliphatic carbocycles. The first-order valence-corrected chi connectivity index (χ1v) is 7.31. The minimum Gasteiger partial charge on any atom is -0.392 e. The van der Waals surface area contributed by atoms with Gasteiger partial charge in [-0.15, -0.1) is 0 Å². The Labute approximate surface area is 116 Å². The zero-order valence-corrected chi connectivity index (χ0v) is 11.2. The predicted molar refractivity (Wildman–Crippen MR) is 70.1 cm³/mol. The summed E-state index contributed by atoms with van der Waals surface area (Å²) in [6.45, 7) is 0. The number of alkyl halides is 3. The van der Waals surface area contributed by atoms with Crippen molar-refractivity contribution >= 4 is 0 Å². The molecule has 20 heavy (non-hydrogen) atoms. The van der Waals surface area contributed by atoms with Crippen molar-refractivity contribution in [2.45, 2.75) is 44.4 Å². The van der Waals surface area contributed by atoms with E-state index < -0.39 is 17.8 Å². The van der Waals surface area contributed by atoms with E-state index in [2.05, 4.69) is 0 Å². The second-order valence-electron chi connectivity index (χ2n) is 6.16. The Kier molecular flexibility index (Phi) is 3.53. The number of rotatable bonds is 3. The lowest BCUT2D eigenvalue weighted by Gasteiger charge is -2.12. The molecule has 4 heteroatoms. The van der Waals surface area contributed by atoms with Crippen molar-refractivity contribution in [3.05, 3.63) is 35.4 Å². The van der Waals surface area contributed by atoms with Gasteiger partial charge in [-0.1, -0.05) is 25.0 Å². The standard InChI is InChI=1S/C16H19F3O/c17-16(18,19)11-7-5-10(6-8-11)9-14(20)15-12-3-1-2-4-13(12)15/h5-8,12-15,20H,1-4,9H2. The second-order valence-corrected chi connectivity index (χ2v) is 6.16. The van der Waals surface area contributed by atoms with Crippen LogP contribution < -0.4 is 0 Å². The molecule has 0 spiro atoms. The topological polar surface area (TPSA) is 20.2 Å². The fourth-order valence-corrected chi connectivity index (χ4v) is 3.83. The Bertz CT molecular complexity index is 454. The highest BCUT2D eigenvalue weighted by Gasteiger charge is 2.53. The second kappa shape index (κ2) is 5.06. The van der Waals surface area contributed by atoms with Crippen LogP contribution in [0.2, 0.25) is 0 Å². The van der Waals surface area contributed by atoms with Crippen LogP contribution in [0.4, 0.5) is 13.2 Å². The predicted octanol–water partition coefficient (Wildman–Crippen LogP) is 4.05. The van der Waals surface area contributed by atoms with Gasteiger partial charge in [-0.3, -0.25) is 0 Å². The number of hydrogen-bond donors (Lipinski definition) is 1. The molecule has 0 radical (unpaired) electrons. The quantitative estimate of drug-likeness (QED) is 0.888. The molecular weight excluding hydrogens is 265 g/mol. The van der Waals surface area contributed by atoms with Crippen LogP contribution in [0.15, 0.2) is 24.3 Å². The first kappa shape index (κ1) is 13.9. The van der Waals surface area contributed by atoms with Gasteiger partial charge in [0.1, 0.15) is 0 Å². The molecule has 2 fully saturated rings. The van der Waals surface area contributed by atoms with Crippen molar-refractivity contribution in [3.8, 4) is 0 Å². The lowest BCUT2D eigenvalue weighted by molar-refractivity contribution is -0.137. The maximum atomic E-state index is 12.5. The van der Waals surface area contributed by atoms with Gasteiger partial charge in [-0.25, -0.2) is 0 Å². The molecule has 2 aliphatic rings. The summed E-state index contributed by atoms with van der Waals surface area (Å²) in [7, 11) is 0. The fourth-order valence-electron chi connectivity index (χ4n) is 3.83. The van der Waals surface area contributed by atoms with Gasteiger partial charge >= 0.3 is 6.18 Å². The molecule has 0 aromatic heterocycles. The Morgan fingerprint density at radius 1 is 1.05 bits per heavy atom. The van der Waals surface area contributed by atoms with Crippen molar-refractivity contribution in [3.63, 3.8) is 0 Å². The monoisotopic (exact) mass is 284 g/mol. The third-order valence-corrected chi connectivity index (χ3v) is 4.89. The third kappa shape index (κ3) is 2.71. The van der Waals surface area contributed by atoms with Crippen molar-refractivity contribution in [2.75, 3.05) is 0 Å². The summed E-state index contributed by atoms with van der Waals surface area (Å²) in [6, 6.07) is 5.17. The van der Waals surface area contributed by atoms with E-state index in [1.165, 1.54) is 37.8 Å². The van der Waals surface area contributed by atoms with Gasteiger partial charge in [0, 0.05) is 0 Å². The van der Waals surface area contributed by atoms with Gasteiger partial charge in [0.15, 0.2) is 0 Å². The molecule has 0 amide bonds. The third-order valence-electron chi connectivity index (χ3n) is 4.89. The van der Waals surface area contributed by atoms with E-state index in [9.17, 15) is 18.3 Å². The maximum Gasteiger partial charge on any atom is 0.416 e. The maximum absolute atomic E-state index is 12.5.